The molecule has 5 nitrogen and oxygen atoms in total. The molecule has 0 spiro atoms. The van der Waals surface area contributed by atoms with Gasteiger partial charge in [0.15, 0.2) is 0 Å². The number of nitrogens with zero attached hydrogens (tertiary/aromatic N) is 1. The molecule has 4 fully saturated rings. The number of benzene rings is 1. The van der Waals surface area contributed by atoms with E-state index in [1.54, 1.807) is 12.1 Å². The molecule has 3 amide bonds. The van der Waals surface area contributed by atoms with E-state index in [-0.39, 0.29) is 24.3 Å². The molecule has 0 saturated heterocycles. The first kappa shape index (κ1) is 17.9. The number of nitrogens with one attached hydrogen (secondary N) is 1. The van der Waals surface area contributed by atoms with Gasteiger partial charge in [0.1, 0.15) is 6.54 Å². The van der Waals surface area contributed by atoms with Crippen molar-refractivity contribution >= 4 is 17.7 Å². The molecule has 4 bridgehead atoms. The van der Waals surface area contributed by atoms with Crippen LogP contribution in [0.4, 0.5) is 0 Å². The van der Waals surface area contributed by atoms with E-state index in [2.05, 4.69) is 5.32 Å². The summed E-state index contributed by atoms with van der Waals surface area (Å²) in [6.45, 7) is 2.34. The number of hydrogen-bond acceptors (Lipinski definition) is 3. The van der Waals surface area contributed by atoms with Crippen LogP contribution < -0.4 is 5.32 Å². The van der Waals surface area contributed by atoms with E-state index in [0.717, 1.165) is 34.6 Å². The quantitative estimate of drug-likeness (QED) is 0.797. The molecular weight excluding hydrogens is 352 g/mol. The van der Waals surface area contributed by atoms with Crippen molar-refractivity contribution in [2.75, 3.05) is 13.1 Å². The molecule has 1 aromatic carbocycles. The number of imide groups is 1. The smallest absolute Gasteiger partial charge is 0.262 e. The van der Waals surface area contributed by atoms with Gasteiger partial charge in [0, 0.05) is 6.54 Å². The molecule has 4 aliphatic carbocycles. The van der Waals surface area contributed by atoms with E-state index >= 15 is 0 Å². The number of aryl methyl sites for hydroxylation is 1. The Labute approximate surface area is 165 Å². The predicted octanol–water partition coefficient (Wildman–Crippen LogP) is 3.31. The molecule has 28 heavy (non-hydrogen) atoms. The van der Waals surface area contributed by atoms with E-state index < -0.39 is 0 Å². The van der Waals surface area contributed by atoms with E-state index in [1.165, 1.54) is 38.5 Å². The topological polar surface area (TPSA) is 66.5 Å². The minimum Gasteiger partial charge on any atom is -0.355 e. The van der Waals surface area contributed by atoms with Gasteiger partial charge in [0.25, 0.3) is 11.8 Å². The monoisotopic (exact) mass is 380 g/mol. The molecule has 0 radical (unpaired) electrons. The second kappa shape index (κ2) is 6.43. The summed E-state index contributed by atoms with van der Waals surface area (Å²) in [6.07, 6.45) is 9.27. The number of rotatable bonds is 5. The van der Waals surface area contributed by atoms with Gasteiger partial charge in [-0.3, -0.25) is 19.3 Å². The molecule has 6 rings (SSSR count). The van der Waals surface area contributed by atoms with Crippen molar-refractivity contribution in [1.82, 2.24) is 10.2 Å². The molecule has 1 aromatic rings. The minimum atomic E-state index is -0.365. The van der Waals surface area contributed by atoms with Crippen LogP contribution in [0.3, 0.4) is 0 Å². The van der Waals surface area contributed by atoms with E-state index in [9.17, 15) is 14.4 Å². The van der Waals surface area contributed by atoms with Gasteiger partial charge in [-0.1, -0.05) is 11.6 Å². The molecule has 1 heterocycles. The second-order valence-electron chi connectivity index (χ2n) is 9.76. The number of fused-ring (bicyclic) bond motifs is 1. The second-order valence-corrected chi connectivity index (χ2v) is 9.76. The molecule has 4 saturated carbocycles. The van der Waals surface area contributed by atoms with Crippen LogP contribution in [0.15, 0.2) is 18.2 Å². The van der Waals surface area contributed by atoms with Crippen LogP contribution in [0.5, 0.6) is 0 Å². The summed E-state index contributed by atoms with van der Waals surface area (Å²) in [4.78, 5) is 38.5. The molecule has 5 heteroatoms. The van der Waals surface area contributed by atoms with Crippen LogP contribution in [-0.4, -0.2) is 35.7 Å². The van der Waals surface area contributed by atoms with Gasteiger partial charge in [0.2, 0.25) is 5.91 Å². The highest BCUT2D eigenvalue weighted by Crippen LogP contribution is 2.61. The Morgan fingerprint density at radius 1 is 1.04 bits per heavy atom. The SMILES string of the molecule is Cc1ccc2c(c1)C(=O)N(CC(=O)NCCC13CC4CC(CC(C4)C1)C3)C2=O. The number of carbonyl (C=O) groups excluding carboxylic acids is 3. The Hall–Kier alpha value is -2.17. The highest BCUT2D eigenvalue weighted by atomic mass is 16.2. The Balaban J connectivity index is 1.17. The van der Waals surface area contributed by atoms with Gasteiger partial charge >= 0.3 is 0 Å². The third-order valence-corrected chi connectivity index (χ3v) is 7.57. The minimum absolute atomic E-state index is 0.188. The Morgan fingerprint density at radius 3 is 2.29 bits per heavy atom. The normalized spacial score (nSPS) is 32.8. The van der Waals surface area contributed by atoms with Crippen molar-refractivity contribution in [2.45, 2.75) is 51.9 Å². The van der Waals surface area contributed by atoms with Crippen LogP contribution >= 0.6 is 0 Å². The molecule has 148 valence electrons. The van der Waals surface area contributed by atoms with Crippen LogP contribution in [0, 0.1) is 30.1 Å². The lowest BCUT2D eigenvalue weighted by molar-refractivity contribution is -0.121. The molecule has 1 N–H and O–H groups in total. The molecule has 5 aliphatic rings. The molecule has 0 atom stereocenters. The van der Waals surface area contributed by atoms with Crippen LogP contribution in [0.1, 0.15) is 71.2 Å². The lowest BCUT2D eigenvalue weighted by Crippen LogP contribution is -2.47. The largest absolute Gasteiger partial charge is 0.355 e. The maximum atomic E-state index is 12.5. The summed E-state index contributed by atoms with van der Waals surface area (Å²) in [5, 5.41) is 2.98. The number of amides is 3. The van der Waals surface area contributed by atoms with Gasteiger partial charge in [-0.15, -0.1) is 0 Å². The van der Waals surface area contributed by atoms with Crippen molar-refractivity contribution in [3.05, 3.63) is 34.9 Å². The van der Waals surface area contributed by atoms with Crippen molar-refractivity contribution in [1.29, 1.82) is 0 Å². The lowest BCUT2D eigenvalue weighted by Gasteiger charge is -2.57. The first-order chi connectivity index (χ1) is 13.4. The zero-order chi connectivity index (χ0) is 19.5. The van der Waals surface area contributed by atoms with Gasteiger partial charge in [-0.25, -0.2) is 0 Å². The Bertz CT molecular complexity index is 824. The average molecular weight is 380 g/mol. The van der Waals surface area contributed by atoms with Gasteiger partial charge in [-0.2, -0.15) is 0 Å². The Kier molecular flexibility index (Phi) is 4.11. The fourth-order valence-corrected chi connectivity index (χ4v) is 6.81. The summed E-state index contributed by atoms with van der Waals surface area (Å²) in [7, 11) is 0. The summed E-state index contributed by atoms with van der Waals surface area (Å²) in [5.74, 6) is 1.75. The lowest BCUT2D eigenvalue weighted by atomic mass is 9.49. The van der Waals surface area contributed by atoms with Crippen LogP contribution in [0.2, 0.25) is 0 Å². The average Bonchev–Trinajstić information content (AvgIpc) is 2.85. The standard InChI is InChI=1S/C23H28N2O3/c1-14-2-3-18-19(6-14)22(28)25(21(18)27)13-20(26)24-5-4-23-10-15-7-16(11-23)9-17(8-15)12-23/h2-3,6,15-17H,4-5,7-13H2,1H3,(H,24,26). The molecule has 0 unspecified atom stereocenters. The summed E-state index contributed by atoms with van der Waals surface area (Å²) in [5.41, 5.74) is 2.17. The first-order valence-electron chi connectivity index (χ1n) is 10.7. The van der Waals surface area contributed by atoms with Crippen LogP contribution in [-0.2, 0) is 4.79 Å². The number of hydrogen-bond donors (Lipinski definition) is 1. The fourth-order valence-electron chi connectivity index (χ4n) is 6.81. The first-order valence-corrected chi connectivity index (χ1v) is 10.7. The zero-order valence-electron chi connectivity index (χ0n) is 16.5. The van der Waals surface area contributed by atoms with Gasteiger partial charge in [0.05, 0.1) is 11.1 Å². The third-order valence-electron chi connectivity index (χ3n) is 7.57. The van der Waals surface area contributed by atoms with E-state index in [4.69, 9.17) is 0 Å². The third kappa shape index (κ3) is 2.96. The maximum absolute atomic E-state index is 12.5. The van der Waals surface area contributed by atoms with E-state index in [1.807, 2.05) is 13.0 Å². The molecular formula is C23H28N2O3. The molecule has 0 aromatic heterocycles. The highest BCUT2D eigenvalue weighted by molar-refractivity contribution is 6.22. The summed E-state index contributed by atoms with van der Waals surface area (Å²) in [6, 6.07) is 5.22. The summed E-state index contributed by atoms with van der Waals surface area (Å²) >= 11 is 0. The maximum Gasteiger partial charge on any atom is 0.262 e. The zero-order valence-corrected chi connectivity index (χ0v) is 16.5. The Morgan fingerprint density at radius 2 is 1.64 bits per heavy atom. The van der Waals surface area contributed by atoms with E-state index in [0.29, 0.717) is 23.1 Å². The predicted molar refractivity (Wildman–Crippen MR) is 105 cm³/mol. The molecule has 1 aliphatic heterocycles. The summed E-state index contributed by atoms with van der Waals surface area (Å²) < 4.78 is 0. The number of carbonyl (C=O) groups is 3. The highest BCUT2D eigenvalue weighted by Gasteiger charge is 2.50. The van der Waals surface area contributed by atoms with Gasteiger partial charge in [-0.05, 0) is 87.2 Å². The van der Waals surface area contributed by atoms with Crippen molar-refractivity contribution in [2.24, 2.45) is 23.2 Å². The van der Waals surface area contributed by atoms with Crippen molar-refractivity contribution in [3.8, 4) is 0 Å². The fraction of sp³-hybridized carbons (Fsp3) is 0.609. The van der Waals surface area contributed by atoms with Crippen molar-refractivity contribution < 1.29 is 14.4 Å². The van der Waals surface area contributed by atoms with Gasteiger partial charge < -0.3 is 5.32 Å². The van der Waals surface area contributed by atoms with Crippen molar-refractivity contribution in [3.63, 3.8) is 0 Å². The van der Waals surface area contributed by atoms with Crippen LogP contribution in [0.25, 0.3) is 0 Å².